The maximum absolute atomic E-state index is 12.2. The molecule has 0 aliphatic heterocycles. The van der Waals surface area contributed by atoms with Gasteiger partial charge in [0.25, 0.3) is 0 Å². The average molecular weight is 288 g/mol. The van der Waals surface area contributed by atoms with Crippen molar-refractivity contribution < 1.29 is 19.4 Å². The fourth-order valence-corrected chi connectivity index (χ4v) is 3.05. The highest BCUT2D eigenvalue weighted by Gasteiger charge is 2.39. The van der Waals surface area contributed by atoms with Crippen LogP contribution in [0.3, 0.4) is 0 Å². The third-order valence-electron chi connectivity index (χ3n) is 3.90. The first kappa shape index (κ1) is 15.3. The quantitative estimate of drug-likeness (QED) is 0.868. The summed E-state index contributed by atoms with van der Waals surface area (Å²) in [5, 5.41) is 10.1. The van der Waals surface area contributed by atoms with Crippen LogP contribution < -0.4 is 0 Å². The van der Waals surface area contributed by atoms with E-state index < -0.39 is 11.9 Å². The van der Waals surface area contributed by atoms with Gasteiger partial charge in [0.15, 0.2) is 5.78 Å². The molecule has 2 unspecified atom stereocenters. The summed E-state index contributed by atoms with van der Waals surface area (Å²) in [5.41, 5.74) is 2.97. The van der Waals surface area contributed by atoms with Crippen molar-refractivity contribution in [2.75, 3.05) is 6.61 Å². The molecule has 0 fully saturated rings. The lowest BCUT2D eigenvalue weighted by Crippen LogP contribution is -2.32. The van der Waals surface area contributed by atoms with Gasteiger partial charge in [-0.05, 0) is 37.5 Å². The van der Waals surface area contributed by atoms with Crippen LogP contribution in [-0.2, 0) is 14.3 Å². The number of hydrogen-bond acceptors (Lipinski definition) is 4. The van der Waals surface area contributed by atoms with Gasteiger partial charge in [-0.3, -0.25) is 9.59 Å². The predicted molar refractivity (Wildman–Crippen MR) is 79.1 cm³/mol. The van der Waals surface area contributed by atoms with E-state index in [2.05, 4.69) is 0 Å². The van der Waals surface area contributed by atoms with E-state index >= 15 is 0 Å². The number of carbonyl (C=O) groups is 2. The van der Waals surface area contributed by atoms with E-state index in [1.165, 1.54) is 0 Å². The fourth-order valence-electron chi connectivity index (χ4n) is 3.05. The molecular weight excluding hydrogens is 268 g/mol. The summed E-state index contributed by atoms with van der Waals surface area (Å²) < 4.78 is 5.07. The van der Waals surface area contributed by atoms with Crippen LogP contribution in [0.5, 0.6) is 0 Å². The van der Waals surface area contributed by atoms with Crippen molar-refractivity contribution in [3.63, 3.8) is 0 Å². The van der Waals surface area contributed by atoms with Crippen molar-refractivity contribution in [3.05, 3.63) is 46.7 Å². The molecule has 0 saturated heterocycles. The SMILES string of the molecule is CCOC(=O)C1C(O)=CC(=O)CC1c1c(C)cccc1C. The first-order valence-corrected chi connectivity index (χ1v) is 7.11. The number of benzene rings is 1. The first-order chi connectivity index (χ1) is 9.95. The monoisotopic (exact) mass is 288 g/mol. The smallest absolute Gasteiger partial charge is 0.317 e. The summed E-state index contributed by atoms with van der Waals surface area (Å²) in [5.74, 6) is -2.02. The van der Waals surface area contributed by atoms with Gasteiger partial charge >= 0.3 is 5.97 Å². The number of aryl methyl sites for hydroxylation is 2. The minimum atomic E-state index is -0.803. The van der Waals surface area contributed by atoms with Crippen molar-refractivity contribution >= 4 is 11.8 Å². The minimum absolute atomic E-state index is 0.166. The largest absolute Gasteiger partial charge is 0.511 e. The molecule has 0 spiro atoms. The van der Waals surface area contributed by atoms with Crippen LogP contribution >= 0.6 is 0 Å². The lowest BCUT2D eigenvalue weighted by atomic mass is 9.75. The number of ketones is 1. The Hall–Kier alpha value is -2.10. The topological polar surface area (TPSA) is 63.6 Å². The molecule has 1 aliphatic rings. The minimum Gasteiger partial charge on any atom is -0.511 e. The highest BCUT2D eigenvalue weighted by molar-refractivity contribution is 5.94. The fraction of sp³-hybridized carbons (Fsp3) is 0.412. The second kappa shape index (κ2) is 6.12. The van der Waals surface area contributed by atoms with Gasteiger partial charge in [-0.15, -0.1) is 0 Å². The summed E-state index contributed by atoms with van der Waals surface area (Å²) in [6, 6.07) is 5.84. The normalized spacial score (nSPS) is 21.9. The third kappa shape index (κ3) is 2.99. The van der Waals surface area contributed by atoms with E-state index in [0.717, 1.165) is 22.8 Å². The summed E-state index contributed by atoms with van der Waals surface area (Å²) in [6.45, 7) is 5.87. The molecule has 0 heterocycles. The Kier molecular flexibility index (Phi) is 4.46. The van der Waals surface area contributed by atoms with E-state index in [1.54, 1.807) is 6.92 Å². The van der Waals surface area contributed by atoms with Crippen molar-refractivity contribution in [2.24, 2.45) is 5.92 Å². The summed E-state index contributed by atoms with van der Waals surface area (Å²) in [4.78, 5) is 24.0. The Morgan fingerprint density at radius 2 is 1.95 bits per heavy atom. The van der Waals surface area contributed by atoms with Gasteiger partial charge in [0, 0.05) is 18.4 Å². The molecule has 1 aromatic rings. The molecule has 4 heteroatoms. The van der Waals surface area contributed by atoms with E-state index in [1.807, 2.05) is 32.0 Å². The Morgan fingerprint density at radius 1 is 1.33 bits per heavy atom. The Labute approximate surface area is 124 Å². The Bertz CT molecular complexity index is 581. The zero-order chi connectivity index (χ0) is 15.6. The van der Waals surface area contributed by atoms with Crippen LogP contribution in [0.15, 0.2) is 30.0 Å². The number of esters is 1. The van der Waals surface area contributed by atoms with Crippen LogP contribution in [0, 0.1) is 19.8 Å². The molecule has 1 N–H and O–H groups in total. The van der Waals surface area contributed by atoms with Crippen molar-refractivity contribution in [1.82, 2.24) is 0 Å². The number of carbonyl (C=O) groups excluding carboxylic acids is 2. The molecule has 1 aromatic carbocycles. The lowest BCUT2D eigenvalue weighted by molar-refractivity contribution is -0.148. The molecule has 4 nitrogen and oxygen atoms in total. The molecule has 2 rings (SSSR count). The molecule has 21 heavy (non-hydrogen) atoms. The van der Waals surface area contributed by atoms with Gasteiger partial charge in [0.1, 0.15) is 11.7 Å². The van der Waals surface area contributed by atoms with E-state index in [4.69, 9.17) is 4.74 Å². The maximum Gasteiger partial charge on any atom is 0.317 e. The van der Waals surface area contributed by atoms with Crippen LogP contribution in [0.4, 0.5) is 0 Å². The molecule has 0 amide bonds. The van der Waals surface area contributed by atoms with E-state index in [-0.39, 0.29) is 30.5 Å². The lowest BCUT2D eigenvalue weighted by Gasteiger charge is -2.30. The van der Waals surface area contributed by atoms with E-state index in [9.17, 15) is 14.7 Å². The number of allylic oxidation sites excluding steroid dienone is 1. The molecule has 0 radical (unpaired) electrons. The molecule has 0 bridgehead atoms. The second-order valence-corrected chi connectivity index (χ2v) is 5.38. The number of aliphatic hydroxyl groups is 1. The molecule has 1 aliphatic carbocycles. The molecule has 0 saturated carbocycles. The zero-order valence-electron chi connectivity index (χ0n) is 12.6. The molecule has 2 atom stereocenters. The summed E-state index contributed by atoms with van der Waals surface area (Å²) in [7, 11) is 0. The van der Waals surface area contributed by atoms with Gasteiger partial charge in [0.2, 0.25) is 0 Å². The summed E-state index contributed by atoms with van der Waals surface area (Å²) in [6.07, 6.45) is 1.35. The van der Waals surface area contributed by atoms with Crippen LogP contribution in [0.1, 0.15) is 36.0 Å². The predicted octanol–water partition coefficient (Wildman–Crippen LogP) is 2.98. The maximum atomic E-state index is 12.2. The van der Waals surface area contributed by atoms with Gasteiger partial charge in [0.05, 0.1) is 6.61 Å². The molecule has 0 aromatic heterocycles. The second-order valence-electron chi connectivity index (χ2n) is 5.38. The van der Waals surface area contributed by atoms with Gasteiger partial charge < -0.3 is 9.84 Å². The zero-order valence-corrected chi connectivity index (χ0v) is 12.6. The van der Waals surface area contributed by atoms with Crippen molar-refractivity contribution in [3.8, 4) is 0 Å². The molecule has 112 valence electrons. The highest BCUT2D eigenvalue weighted by atomic mass is 16.5. The van der Waals surface area contributed by atoms with Crippen LogP contribution in [0.2, 0.25) is 0 Å². The van der Waals surface area contributed by atoms with Gasteiger partial charge in [-0.25, -0.2) is 0 Å². The Morgan fingerprint density at radius 3 is 2.52 bits per heavy atom. The summed E-state index contributed by atoms with van der Waals surface area (Å²) >= 11 is 0. The van der Waals surface area contributed by atoms with Crippen LogP contribution in [0.25, 0.3) is 0 Å². The van der Waals surface area contributed by atoms with Crippen molar-refractivity contribution in [1.29, 1.82) is 0 Å². The van der Waals surface area contributed by atoms with Gasteiger partial charge in [-0.2, -0.15) is 0 Å². The standard InChI is InChI=1S/C17H20O4/c1-4-21-17(20)16-13(8-12(18)9-14(16)19)15-10(2)6-5-7-11(15)3/h5-7,9,13,16,19H,4,8H2,1-3H3. The average Bonchev–Trinajstić information content (AvgIpc) is 2.37. The number of hydrogen-bond donors (Lipinski definition) is 1. The number of aliphatic hydroxyl groups excluding tert-OH is 1. The van der Waals surface area contributed by atoms with Crippen molar-refractivity contribution in [2.45, 2.75) is 33.1 Å². The first-order valence-electron chi connectivity index (χ1n) is 7.11. The van der Waals surface area contributed by atoms with Crippen LogP contribution in [-0.4, -0.2) is 23.5 Å². The van der Waals surface area contributed by atoms with Gasteiger partial charge in [-0.1, -0.05) is 18.2 Å². The number of rotatable bonds is 3. The third-order valence-corrected chi connectivity index (χ3v) is 3.90. The highest BCUT2D eigenvalue weighted by Crippen LogP contribution is 2.39. The molecular formula is C17H20O4. The number of ether oxygens (including phenoxy) is 1. The van der Waals surface area contributed by atoms with E-state index in [0.29, 0.717) is 0 Å². The Balaban J connectivity index is 2.50.